The van der Waals surface area contributed by atoms with Crippen molar-refractivity contribution in [1.29, 1.82) is 0 Å². The van der Waals surface area contributed by atoms with Gasteiger partial charge in [-0.2, -0.15) is 4.99 Å². The van der Waals surface area contributed by atoms with Gasteiger partial charge in [0.1, 0.15) is 0 Å². The van der Waals surface area contributed by atoms with E-state index in [2.05, 4.69) is 9.89 Å². The SMILES string of the molecule is Cc1ccc(CC(=O)N=C2SC3CS(=O)(=O)CC3N2C2CC3CCC2C3)cc1. The lowest BCUT2D eigenvalue weighted by molar-refractivity contribution is -0.117. The van der Waals surface area contributed by atoms with Gasteiger partial charge in [0.2, 0.25) is 0 Å². The Morgan fingerprint density at radius 3 is 2.61 bits per heavy atom. The molecule has 7 heteroatoms. The van der Waals surface area contributed by atoms with Crippen molar-refractivity contribution >= 4 is 32.7 Å². The Bertz CT molecular complexity index is 925. The summed E-state index contributed by atoms with van der Waals surface area (Å²) in [7, 11) is -2.99. The van der Waals surface area contributed by atoms with E-state index < -0.39 is 9.84 Å². The zero-order chi connectivity index (χ0) is 19.5. The molecule has 2 aliphatic heterocycles. The molecule has 1 aromatic carbocycles. The van der Waals surface area contributed by atoms with Crippen LogP contribution in [0.4, 0.5) is 0 Å². The van der Waals surface area contributed by atoms with Crippen LogP contribution in [0.3, 0.4) is 0 Å². The van der Waals surface area contributed by atoms with Crippen molar-refractivity contribution in [3.63, 3.8) is 0 Å². The minimum atomic E-state index is -2.99. The Balaban J connectivity index is 1.40. The third kappa shape index (κ3) is 3.41. The number of amides is 1. The van der Waals surface area contributed by atoms with E-state index in [9.17, 15) is 13.2 Å². The number of thioether (sulfide) groups is 1. The van der Waals surface area contributed by atoms with Crippen molar-refractivity contribution in [2.45, 2.75) is 56.4 Å². The quantitative estimate of drug-likeness (QED) is 0.755. The summed E-state index contributed by atoms with van der Waals surface area (Å²) in [5.41, 5.74) is 2.14. The van der Waals surface area contributed by atoms with Gasteiger partial charge in [0.05, 0.1) is 24.0 Å². The summed E-state index contributed by atoms with van der Waals surface area (Å²) in [5, 5.41) is 0.801. The second-order valence-electron chi connectivity index (χ2n) is 8.90. The van der Waals surface area contributed by atoms with Gasteiger partial charge in [-0.25, -0.2) is 8.42 Å². The van der Waals surface area contributed by atoms with Crippen LogP contribution in [0.15, 0.2) is 29.3 Å². The Kier molecular flexibility index (Phi) is 4.58. The van der Waals surface area contributed by atoms with Crippen LogP contribution in [-0.2, 0) is 21.1 Å². The van der Waals surface area contributed by atoms with Crippen molar-refractivity contribution in [2.75, 3.05) is 11.5 Å². The van der Waals surface area contributed by atoms with Crippen molar-refractivity contribution in [3.8, 4) is 0 Å². The fourth-order valence-electron chi connectivity index (χ4n) is 5.56. The van der Waals surface area contributed by atoms with Crippen LogP contribution in [0, 0.1) is 18.8 Å². The zero-order valence-corrected chi connectivity index (χ0v) is 17.7. The van der Waals surface area contributed by atoms with Crippen molar-refractivity contribution in [2.24, 2.45) is 16.8 Å². The number of carbonyl (C=O) groups is 1. The summed E-state index contributed by atoms with van der Waals surface area (Å²) in [6.07, 6.45) is 5.20. The first-order chi connectivity index (χ1) is 13.4. The summed E-state index contributed by atoms with van der Waals surface area (Å²) in [5.74, 6) is 1.68. The Hall–Kier alpha value is -1.34. The van der Waals surface area contributed by atoms with Gasteiger partial charge >= 0.3 is 0 Å². The first-order valence-corrected chi connectivity index (χ1v) is 12.9. The number of benzene rings is 1. The molecule has 1 amide bonds. The average Bonchev–Trinajstić information content (AvgIpc) is 3.36. The maximum absolute atomic E-state index is 12.7. The molecule has 2 bridgehead atoms. The predicted molar refractivity (Wildman–Crippen MR) is 112 cm³/mol. The number of fused-ring (bicyclic) bond motifs is 3. The Labute approximate surface area is 170 Å². The van der Waals surface area contributed by atoms with E-state index in [1.165, 1.54) is 36.6 Å². The molecule has 2 aliphatic carbocycles. The summed E-state index contributed by atoms with van der Waals surface area (Å²) < 4.78 is 24.4. The van der Waals surface area contributed by atoms with Crippen LogP contribution in [0.1, 0.15) is 36.8 Å². The summed E-state index contributed by atoms with van der Waals surface area (Å²) in [6.45, 7) is 2.03. The number of nitrogens with zero attached hydrogens (tertiary/aromatic N) is 2. The van der Waals surface area contributed by atoms with Gasteiger partial charge in [-0.15, -0.1) is 0 Å². The topological polar surface area (TPSA) is 66.8 Å². The molecule has 5 rings (SSSR count). The van der Waals surface area contributed by atoms with E-state index in [1.807, 2.05) is 31.2 Å². The molecule has 5 unspecified atom stereocenters. The number of hydrogen-bond acceptors (Lipinski definition) is 4. The number of amidine groups is 1. The zero-order valence-electron chi connectivity index (χ0n) is 16.1. The first-order valence-electron chi connectivity index (χ1n) is 10.2. The number of carbonyl (C=O) groups excluding carboxylic acids is 1. The molecule has 150 valence electrons. The third-order valence-corrected chi connectivity index (χ3v) is 10.1. The van der Waals surface area contributed by atoms with E-state index >= 15 is 0 Å². The molecule has 0 aromatic heterocycles. The molecule has 28 heavy (non-hydrogen) atoms. The van der Waals surface area contributed by atoms with Gasteiger partial charge in [0.15, 0.2) is 15.0 Å². The number of hydrogen-bond donors (Lipinski definition) is 0. The van der Waals surface area contributed by atoms with Crippen molar-refractivity contribution < 1.29 is 13.2 Å². The molecule has 4 aliphatic rings. The van der Waals surface area contributed by atoms with Gasteiger partial charge < -0.3 is 4.90 Å². The van der Waals surface area contributed by atoms with E-state index in [0.717, 1.165) is 23.1 Å². The van der Waals surface area contributed by atoms with Crippen LogP contribution < -0.4 is 0 Å². The smallest absolute Gasteiger partial charge is 0.252 e. The lowest BCUT2D eigenvalue weighted by atomic mass is 9.93. The van der Waals surface area contributed by atoms with Crippen LogP contribution in [0.25, 0.3) is 0 Å². The maximum Gasteiger partial charge on any atom is 0.252 e. The normalized spacial score (nSPS) is 37.0. The maximum atomic E-state index is 12.7. The van der Waals surface area contributed by atoms with Crippen LogP contribution in [0.2, 0.25) is 0 Å². The summed E-state index contributed by atoms with van der Waals surface area (Å²) in [6, 6.07) is 8.33. The minimum Gasteiger partial charge on any atom is -0.343 e. The van der Waals surface area contributed by atoms with Gasteiger partial charge in [-0.3, -0.25) is 4.79 Å². The van der Waals surface area contributed by atoms with Gasteiger partial charge in [0, 0.05) is 11.3 Å². The minimum absolute atomic E-state index is 0.00900. The van der Waals surface area contributed by atoms with Gasteiger partial charge in [-0.05, 0) is 43.6 Å². The second kappa shape index (κ2) is 6.87. The average molecular weight is 419 g/mol. The molecule has 2 heterocycles. The Morgan fingerprint density at radius 2 is 1.93 bits per heavy atom. The number of sulfone groups is 1. The van der Waals surface area contributed by atoms with E-state index in [1.54, 1.807) is 0 Å². The molecule has 1 aromatic rings. The third-order valence-electron chi connectivity index (χ3n) is 6.86. The van der Waals surface area contributed by atoms with E-state index in [4.69, 9.17) is 0 Å². The summed E-state index contributed by atoms with van der Waals surface area (Å²) >= 11 is 1.52. The lowest BCUT2D eigenvalue weighted by Crippen LogP contribution is -2.47. The molecular formula is C21H26N2O3S2. The van der Waals surface area contributed by atoms with Gasteiger partial charge in [-0.1, -0.05) is 48.0 Å². The molecule has 2 saturated carbocycles. The second-order valence-corrected chi connectivity index (χ2v) is 12.3. The van der Waals surface area contributed by atoms with Gasteiger partial charge in [0.25, 0.3) is 5.91 Å². The molecule has 0 N–H and O–H groups in total. The van der Waals surface area contributed by atoms with Crippen molar-refractivity contribution in [1.82, 2.24) is 4.90 Å². The molecule has 0 spiro atoms. The van der Waals surface area contributed by atoms with E-state index in [0.29, 0.717) is 18.4 Å². The van der Waals surface area contributed by atoms with Crippen LogP contribution >= 0.6 is 11.8 Å². The fourth-order valence-corrected chi connectivity index (χ4v) is 9.55. The highest BCUT2D eigenvalue weighted by Gasteiger charge is 2.54. The van der Waals surface area contributed by atoms with Crippen LogP contribution in [-0.4, -0.2) is 53.2 Å². The molecule has 2 saturated heterocycles. The molecule has 5 nitrogen and oxygen atoms in total. The molecular weight excluding hydrogens is 392 g/mol. The monoisotopic (exact) mass is 418 g/mol. The number of aliphatic imine (C=N–C) groups is 1. The highest BCUT2D eigenvalue weighted by molar-refractivity contribution is 8.15. The van der Waals surface area contributed by atoms with E-state index in [-0.39, 0.29) is 28.7 Å². The fraction of sp³-hybridized carbons (Fsp3) is 0.619. The number of rotatable bonds is 3. The highest BCUT2D eigenvalue weighted by Crippen LogP contribution is 2.51. The van der Waals surface area contributed by atoms with Crippen LogP contribution in [0.5, 0.6) is 0 Å². The number of aryl methyl sites for hydroxylation is 1. The molecule has 4 fully saturated rings. The molecule has 0 radical (unpaired) electrons. The highest BCUT2D eigenvalue weighted by atomic mass is 32.2. The van der Waals surface area contributed by atoms with Crippen molar-refractivity contribution in [3.05, 3.63) is 35.4 Å². The largest absolute Gasteiger partial charge is 0.343 e. The summed E-state index contributed by atoms with van der Waals surface area (Å²) in [4.78, 5) is 19.4. The first kappa shape index (κ1) is 18.7. The lowest BCUT2D eigenvalue weighted by Gasteiger charge is -2.36. The molecule has 5 atom stereocenters. The Morgan fingerprint density at radius 1 is 1.14 bits per heavy atom. The predicted octanol–water partition coefficient (Wildman–Crippen LogP) is 2.82. The standard InChI is InChI=1S/C21H26N2O3S2/c1-13-2-4-14(5-3-13)10-20(24)22-21-23(17-9-15-6-7-16(17)8-15)18-11-28(25,26)12-19(18)27-21/h2-5,15-19H,6-12H2,1H3.